The third-order valence-corrected chi connectivity index (χ3v) is 2.62. The van der Waals surface area contributed by atoms with Crippen LogP contribution in [0.15, 0.2) is 24.4 Å². The van der Waals surface area contributed by atoms with E-state index in [0.717, 1.165) is 5.56 Å². The van der Waals surface area contributed by atoms with Gasteiger partial charge in [-0.3, -0.25) is 4.79 Å². The molecule has 1 N–H and O–H groups in total. The Morgan fingerprint density at radius 1 is 1.28 bits per heavy atom. The molecule has 7 heteroatoms. The van der Waals surface area contributed by atoms with Gasteiger partial charge in [0.05, 0.1) is 18.7 Å². The maximum Gasteiger partial charge on any atom is 0.309 e. The summed E-state index contributed by atoms with van der Waals surface area (Å²) < 4.78 is 1.54. The molecule has 1 aromatic carbocycles. The van der Waals surface area contributed by atoms with E-state index in [0.29, 0.717) is 22.3 Å². The lowest BCUT2D eigenvalue weighted by Gasteiger charge is -2.02. The summed E-state index contributed by atoms with van der Waals surface area (Å²) in [4.78, 5) is 10.5. The molecule has 0 fully saturated rings. The third-order valence-electron chi connectivity index (χ3n) is 2.19. The Balaban J connectivity index is 2.13. The van der Waals surface area contributed by atoms with Crippen molar-refractivity contribution in [2.45, 2.75) is 13.0 Å². The summed E-state index contributed by atoms with van der Waals surface area (Å²) in [5.74, 6) is -0.937. The molecule has 18 heavy (non-hydrogen) atoms. The monoisotopic (exact) mass is 285 g/mol. The van der Waals surface area contributed by atoms with Crippen molar-refractivity contribution >= 4 is 29.2 Å². The zero-order valence-electron chi connectivity index (χ0n) is 9.18. The Bertz CT molecular complexity index is 563. The van der Waals surface area contributed by atoms with Gasteiger partial charge < -0.3 is 5.11 Å². The van der Waals surface area contributed by atoms with E-state index in [1.165, 1.54) is 0 Å². The zero-order valence-corrected chi connectivity index (χ0v) is 10.7. The third kappa shape index (κ3) is 3.45. The molecule has 2 rings (SSSR count). The molecule has 0 aliphatic rings. The molecule has 0 bridgehead atoms. The summed E-state index contributed by atoms with van der Waals surface area (Å²) in [6, 6.07) is 5.18. The molecule has 0 aliphatic carbocycles. The van der Waals surface area contributed by atoms with Crippen molar-refractivity contribution in [2.75, 3.05) is 0 Å². The molecule has 0 atom stereocenters. The van der Waals surface area contributed by atoms with Gasteiger partial charge in [-0.15, -0.1) is 5.10 Å². The number of nitrogens with zero attached hydrogens (tertiary/aromatic N) is 3. The number of aromatic nitrogens is 3. The van der Waals surface area contributed by atoms with E-state index in [-0.39, 0.29) is 6.42 Å². The normalized spacial score (nSPS) is 10.6. The summed E-state index contributed by atoms with van der Waals surface area (Å²) in [5, 5.41) is 17.3. The Labute approximate surface area is 113 Å². The molecule has 2 aromatic rings. The van der Waals surface area contributed by atoms with E-state index >= 15 is 0 Å². The van der Waals surface area contributed by atoms with Crippen LogP contribution in [0.1, 0.15) is 11.3 Å². The SMILES string of the molecule is O=C(O)Cc1cn(Cc2cc(Cl)cc(Cl)c2)nn1. The second-order valence-corrected chi connectivity index (χ2v) is 4.63. The van der Waals surface area contributed by atoms with Crippen molar-refractivity contribution < 1.29 is 9.90 Å². The second kappa shape index (κ2) is 5.37. The van der Waals surface area contributed by atoms with Crippen LogP contribution in [-0.4, -0.2) is 26.1 Å². The number of carbonyl (C=O) groups is 1. The van der Waals surface area contributed by atoms with Gasteiger partial charge in [0.15, 0.2) is 0 Å². The highest BCUT2D eigenvalue weighted by atomic mass is 35.5. The number of aliphatic carboxylic acids is 1. The van der Waals surface area contributed by atoms with Crippen molar-refractivity contribution in [1.82, 2.24) is 15.0 Å². The Morgan fingerprint density at radius 3 is 2.56 bits per heavy atom. The van der Waals surface area contributed by atoms with Crippen LogP contribution >= 0.6 is 23.2 Å². The summed E-state index contributed by atoms with van der Waals surface area (Å²) in [6.07, 6.45) is 1.44. The van der Waals surface area contributed by atoms with Crippen molar-refractivity contribution in [3.05, 3.63) is 45.7 Å². The standard InChI is InChI=1S/C11H9Cl2N3O2/c12-8-1-7(2-9(13)3-8)5-16-6-10(14-15-16)4-11(17)18/h1-3,6H,4-5H2,(H,17,18). The first-order valence-corrected chi connectivity index (χ1v) is 5.84. The first-order chi connectivity index (χ1) is 8.52. The number of carboxylic acid groups (broad SMARTS) is 1. The maximum atomic E-state index is 10.5. The summed E-state index contributed by atoms with van der Waals surface area (Å²) in [7, 11) is 0. The van der Waals surface area contributed by atoms with Crippen LogP contribution < -0.4 is 0 Å². The molecule has 0 spiro atoms. The van der Waals surface area contributed by atoms with Crippen LogP contribution in [0.2, 0.25) is 10.0 Å². The smallest absolute Gasteiger partial charge is 0.309 e. The van der Waals surface area contributed by atoms with Gasteiger partial charge in [0.25, 0.3) is 0 Å². The highest BCUT2D eigenvalue weighted by Gasteiger charge is 2.06. The number of rotatable bonds is 4. The highest BCUT2D eigenvalue weighted by Crippen LogP contribution is 2.19. The summed E-state index contributed by atoms with van der Waals surface area (Å²) in [5.41, 5.74) is 1.29. The number of carboxylic acids is 1. The van der Waals surface area contributed by atoms with Crippen LogP contribution in [0.3, 0.4) is 0 Å². The van der Waals surface area contributed by atoms with Crippen LogP contribution in [0.4, 0.5) is 0 Å². The quantitative estimate of drug-likeness (QED) is 0.936. The van der Waals surface area contributed by atoms with E-state index in [9.17, 15) is 4.79 Å². The topological polar surface area (TPSA) is 68.0 Å². The molecule has 0 amide bonds. The van der Waals surface area contributed by atoms with Crippen molar-refractivity contribution in [3.63, 3.8) is 0 Å². The number of hydrogen-bond acceptors (Lipinski definition) is 3. The van der Waals surface area contributed by atoms with Gasteiger partial charge in [-0.05, 0) is 23.8 Å². The fourth-order valence-electron chi connectivity index (χ4n) is 1.54. The molecule has 0 radical (unpaired) electrons. The van der Waals surface area contributed by atoms with E-state index in [1.807, 2.05) is 0 Å². The maximum absolute atomic E-state index is 10.5. The van der Waals surface area contributed by atoms with Gasteiger partial charge in [-0.2, -0.15) is 0 Å². The fraction of sp³-hybridized carbons (Fsp3) is 0.182. The minimum Gasteiger partial charge on any atom is -0.481 e. The molecule has 0 aliphatic heterocycles. The Morgan fingerprint density at radius 2 is 1.94 bits per heavy atom. The summed E-state index contributed by atoms with van der Waals surface area (Å²) in [6.45, 7) is 0.437. The van der Waals surface area contributed by atoms with Crippen LogP contribution in [0, 0.1) is 0 Å². The van der Waals surface area contributed by atoms with Gasteiger partial charge in [-0.1, -0.05) is 28.4 Å². The van der Waals surface area contributed by atoms with Gasteiger partial charge >= 0.3 is 5.97 Å². The first-order valence-electron chi connectivity index (χ1n) is 5.09. The van der Waals surface area contributed by atoms with Crippen LogP contribution in [0.5, 0.6) is 0 Å². The first kappa shape index (κ1) is 12.9. The lowest BCUT2D eigenvalue weighted by molar-refractivity contribution is -0.136. The van der Waals surface area contributed by atoms with Crippen LogP contribution in [-0.2, 0) is 17.8 Å². The molecular formula is C11H9Cl2N3O2. The van der Waals surface area contributed by atoms with Gasteiger partial charge in [0, 0.05) is 16.2 Å². The molecule has 5 nitrogen and oxygen atoms in total. The summed E-state index contributed by atoms with van der Waals surface area (Å²) >= 11 is 11.8. The lowest BCUT2D eigenvalue weighted by Crippen LogP contribution is -2.01. The molecule has 94 valence electrons. The average Bonchev–Trinajstić information content (AvgIpc) is 2.62. The van der Waals surface area contributed by atoms with Crippen LogP contribution in [0.25, 0.3) is 0 Å². The number of halogens is 2. The Kier molecular flexibility index (Phi) is 3.84. The van der Waals surface area contributed by atoms with E-state index in [4.69, 9.17) is 28.3 Å². The molecule has 1 aromatic heterocycles. The Hall–Kier alpha value is -1.59. The van der Waals surface area contributed by atoms with Gasteiger partial charge in [0.1, 0.15) is 0 Å². The largest absolute Gasteiger partial charge is 0.481 e. The van der Waals surface area contributed by atoms with Crippen molar-refractivity contribution in [3.8, 4) is 0 Å². The van der Waals surface area contributed by atoms with Gasteiger partial charge in [0.2, 0.25) is 0 Å². The molecule has 0 saturated heterocycles. The molecular weight excluding hydrogens is 277 g/mol. The minimum atomic E-state index is -0.937. The fourth-order valence-corrected chi connectivity index (χ4v) is 2.11. The molecule has 0 saturated carbocycles. The predicted octanol–water partition coefficient (Wildman–Crippen LogP) is 2.26. The predicted molar refractivity (Wildman–Crippen MR) is 66.9 cm³/mol. The second-order valence-electron chi connectivity index (χ2n) is 3.76. The van der Waals surface area contributed by atoms with E-state index in [1.54, 1.807) is 29.1 Å². The van der Waals surface area contributed by atoms with Crippen molar-refractivity contribution in [2.24, 2.45) is 0 Å². The molecule has 1 heterocycles. The average molecular weight is 286 g/mol. The van der Waals surface area contributed by atoms with Gasteiger partial charge in [-0.25, -0.2) is 4.68 Å². The number of hydrogen-bond donors (Lipinski definition) is 1. The van der Waals surface area contributed by atoms with Crippen molar-refractivity contribution in [1.29, 1.82) is 0 Å². The van der Waals surface area contributed by atoms with E-state index < -0.39 is 5.97 Å². The highest BCUT2D eigenvalue weighted by molar-refractivity contribution is 6.34. The minimum absolute atomic E-state index is 0.143. The van der Waals surface area contributed by atoms with E-state index in [2.05, 4.69) is 10.3 Å². The zero-order chi connectivity index (χ0) is 13.1. The number of benzene rings is 1. The lowest BCUT2D eigenvalue weighted by atomic mass is 10.2. The molecule has 0 unspecified atom stereocenters.